The Bertz CT molecular complexity index is 1990. The minimum Gasteiger partial charge on any atom is -0.508 e. The SMILES string of the molecule is C#Cc1c(F)ccc2cc(O)cc(-c3ccc4c(N5CC6CC(O)(C(F)F)CC6C5)nc(OCC56CCCN5CC(F)C6)nc4c3F)c12. The number of rotatable bonds is 6. The number of aliphatic hydroxyl groups is 1. The van der Waals surface area contributed by atoms with Crippen molar-refractivity contribution in [3.8, 4) is 35.2 Å². The molecule has 12 heteroatoms. The van der Waals surface area contributed by atoms with Crippen molar-refractivity contribution in [1.29, 1.82) is 0 Å². The van der Waals surface area contributed by atoms with E-state index < -0.39 is 35.4 Å². The molecule has 48 heavy (non-hydrogen) atoms. The van der Waals surface area contributed by atoms with E-state index in [0.717, 1.165) is 19.4 Å². The number of halogens is 5. The number of aromatic hydroxyl groups is 1. The van der Waals surface area contributed by atoms with Crippen LogP contribution in [-0.4, -0.2) is 81.6 Å². The van der Waals surface area contributed by atoms with Gasteiger partial charge in [0.15, 0.2) is 5.82 Å². The molecule has 4 heterocycles. The zero-order valence-corrected chi connectivity index (χ0v) is 25.9. The third-order valence-corrected chi connectivity index (χ3v) is 11.0. The Balaban J connectivity index is 1.24. The second kappa shape index (κ2) is 11.2. The van der Waals surface area contributed by atoms with E-state index in [1.54, 1.807) is 6.07 Å². The van der Waals surface area contributed by atoms with Crippen LogP contribution in [0.1, 0.15) is 37.7 Å². The first-order valence-corrected chi connectivity index (χ1v) is 16.2. The van der Waals surface area contributed by atoms with Crippen molar-refractivity contribution in [3.63, 3.8) is 0 Å². The normalized spacial score (nSPS) is 28.5. The lowest BCUT2D eigenvalue weighted by molar-refractivity contribution is -0.0947. The molecule has 3 aliphatic heterocycles. The van der Waals surface area contributed by atoms with Gasteiger partial charge in [0.1, 0.15) is 41.3 Å². The van der Waals surface area contributed by atoms with E-state index >= 15 is 4.39 Å². The standard InChI is InChI=1S/C36H33F5N4O3/c1-2-24-28(38)7-4-19-10-23(46)11-27(29(19)24)25-5-6-26-31(30(25)39)42-34(48-18-35-8-3-9-45(35)17-22(37)14-35)43-32(26)44-15-20-12-36(47,33(40)41)13-21(20)16-44/h1,4-7,10-11,20-22,33,46-47H,3,8-9,12-18H2. The summed E-state index contributed by atoms with van der Waals surface area (Å²) >= 11 is 0. The summed E-state index contributed by atoms with van der Waals surface area (Å²) in [6.07, 6.45) is 3.68. The first-order chi connectivity index (χ1) is 23.0. The summed E-state index contributed by atoms with van der Waals surface area (Å²) < 4.78 is 79.6. The molecule has 2 N–H and O–H groups in total. The monoisotopic (exact) mass is 664 g/mol. The van der Waals surface area contributed by atoms with Crippen molar-refractivity contribution in [2.24, 2.45) is 11.8 Å². The minimum absolute atomic E-state index is 0.0121. The summed E-state index contributed by atoms with van der Waals surface area (Å²) in [7, 11) is 0. The number of nitrogens with zero attached hydrogens (tertiary/aromatic N) is 4. The molecule has 7 nitrogen and oxygen atoms in total. The molecule has 4 atom stereocenters. The van der Waals surface area contributed by atoms with Crippen LogP contribution in [0.2, 0.25) is 0 Å². The number of benzene rings is 3. The Kier molecular flexibility index (Phi) is 7.23. The van der Waals surface area contributed by atoms with Crippen LogP contribution in [0.25, 0.3) is 32.8 Å². The van der Waals surface area contributed by atoms with Gasteiger partial charge in [-0.3, -0.25) is 4.90 Å². The van der Waals surface area contributed by atoms with E-state index in [0.29, 0.717) is 42.6 Å². The molecule has 4 aliphatic rings. The maximum absolute atomic E-state index is 16.9. The Morgan fingerprint density at radius 2 is 1.79 bits per heavy atom. The smallest absolute Gasteiger partial charge is 0.319 e. The van der Waals surface area contributed by atoms with Gasteiger partial charge in [-0.15, -0.1) is 6.42 Å². The lowest BCUT2D eigenvalue weighted by Crippen LogP contribution is -2.43. The van der Waals surface area contributed by atoms with Gasteiger partial charge in [0.05, 0.1) is 11.1 Å². The highest BCUT2D eigenvalue weighted by Gasteiger charge is 2.53. The van der Waals surface area contributed by atoms with Crippen LogP contribution in [0.5, 0.6) is 11.8 Å². The van der Waals surface area contributed by atoms with Crippen molar-refractivity contribution in [2.45, 2.75) is 55.8 Å². The van der Waals surface area contributed by atoms with Crippen LogP contribution >= 0.6 is 0 Å². The number of anilines is 1. The van der Waals surface area contributed by atoms with Crippen molar-refractivity contribution < 1.29 is 36.9 Å². The molecule has 1 aromatic heterocycles. The molecule has 250 valence electrons. The lowest BCUT2D eigenvalue weighted by atomic mass is 9.93. The summed E-state index contributed by atoms with van der Waals surface area (Å²) in [4.78, 5) is 13.2. The fourth-order valence-corrected chi connectivity index (χ4v) is 8.81. The number of ether oxygens (including phenoxy) is 1. The molecule has 4 fully saturated rings. The maximum Gasteiger partial charge on any atom is 0.319 e. The molecular formula is C36H33F5N4O3. The average molecular weight is 665 g/mol. The van der Waals surface area contributed by atoms with Crippen molar-refractivity contribution in [2.75, 3.05) is 37.7 Å². The van der Waals surface area contributed by atoms with Crippen LogP contribution in [-0.2, 0) is 0 Å². The van der Waals surface area contributed by atoms with Gasteiger partial charge in [-0.2, -0.15) is 9.97 Å². The zero-order valence-electron chi connectivity index (χ0n) is 25.9. The van der Waals surface area contributed by atoms with E-state index in [1.807, 2.05) is 4.90 Å². The number of alkyl halides is 3. The van der Waals surface area contributed by atoms with Gasteiger partial charge in [-0.05, 0) is 79.3 Å². The van der Waals surface area contributed by atoms with Crippen LogP contribution < -0.4 is 9.64 Å². The van der Waals surface area contributed by atoms with Crippen molar-refractivity contribution in [3.05, 3.63) is 53.6 Å². The van der Waals surface area contributed by atoms with Gasteiger partial charge < -0.3 is 19.8 Å². The van der Waals surface area contributed by atoms with E-state index in [-0.39, 0.29) is 70.6 Å². The van der Waals surface area contributed by atoms with Crippen molar-refractivity contribution in [1.82, 2.24) is 14.9 Å². The van der Waals surface area contributed by atoms with Gasteiger partial charge in [0, 0.05) is 42.4 Å². The van der Waals surface area contributed by atoms with Gasteiger partial charge in [-0.1, -0.05) is 18.1 Å². The Morgan fingerprint density at radius 3 is 2.52 bits per heavy atom. The molecular weight excluding hydrogens is 631 g/mol. The van der Waals surface area contributed by atoms with Crippen LogP contribution in [0.15, 0.2) is 36.4 Å². The Labute approximate surface area is 273 Å². The molecule has 0 amide bonds. The van der Waals surface area contributed by atoms with Gasteiger partial charge in [-0.25, -0.2) is 22.0 Å². The number of terminal acetylenes is 1. The third kappa shape index (κ3) is 4.85. The van der Waals surface area contributed by atoms with E-state index in [2.05, 4.69) is 15.8 Å². The second-order valence-corrected chi connectivity index (χ2v) is 13.9. The summed E-state index contributed by atoms with van der Waals surface area (Å²) in [6, 6.07) is 8.38. The lowest BCUT2D eigenvalue weighted by Gasteiger charge is -2.31. The first kappa shape index (κ1) is 31.1. The molecule has 4 aromatic rings. The molecule has 0 spiro atoms. The number of hydrogen-bond donors (Lipinski definition) is 2. The topological polar surface area (TPSA) is 82.0 Å². The predicted molar refractivity (Wildman–Crippen MR) is 170 cm³/mol. The Morgan fingerprint density at radius 1 is 1.02 bits per heavy atom. The van der Waals surface area contributed by atoms with Gasteiger partial charge >= 0.3 is 6.01 Å². The fourth-order valence-electron chi connectivity index (χ4n) is 8.81. The van der Waals surface area contributed by atoms with Crippen LogP contribution in [0.4, 0.5) is 27.8 Å². The van der Waals surface area contributed by atoms with E-state index in [9.17, 15) is 27.8 Å². The number of aromatic nitrogens is 2. The molecule has 3 saturated heterocycles. The second-order valence-electron chi connectivity index (χ2n) is 13.9. The summed E-state index contributed by atoms with van der Waals surface area (Å²) in [5.41, 5.74) is -2.55. The maximum atomic E-state index is 16.9. The molecule has 0 radical (unpaired) electrons. The molecule has 8 rings (SSSR count). The largest absolute Gasteiger partial charge is 0.508 e. The van der Waals surface area contributed by atoms with Gasteiger partial charge in [0.25, 0.3) is 6.43 Å². The highest BCUT2D eigenvalue weighted by Crippen LogP contribution is 2.49. The highest BCUT2D eigenvalue weighted by molar-refractivity contribution is 6.04. The minimum atomic E-state index is -2.85. The quantitative estimate of drug-likeness (QED) is 0.187. The summed E-state index contributed by atoms with van der Waals surface area (Å²) in [6.45, 7) is 1.82. The van der Waals surface area contributed by atoms with Crippen LogP contribution in [0, 0.1) is 35.8 Å². The van der Waals surface area contributed by atoms with Crippen molar-refractivity contribution >= 4 is 27.5 Å². The molecule has 0 bridgehead atoms. The number of phenols is 1. The predicted octanol–water partition coefficient (Wildman–Crippen LogP) is 6.21. The molecule has 1 aliphatic carbocycles. The number of phenolic OH excluding ortho intramolecular Hbond substituents is 1. The zero-order chi connectivity index (χ0) is 33.5. The summed E-state index contributed by atoms with van der Waals surface area (Å²) in [5, 5.41) is 22.0. The van der Waals surface area contributed by atoms with E-state index in [4.69, 9.17) is 16.1 Å². The third-order valence-electron chi connectivity index (χ3n) is 11.0. The summed E-state index contributed by atoms with van der Waals surface area (Å²) in [5.74, 6) is 0.642. The first-order valence-electron chi connectivity index (χ1n) is 16.2. The number of hydrogen-bond acceptors (Lipinski definition) is 7. The molecule has 1 saturated carbocycles. The van der Waals surface area contributed by atoms with E-state index in [1.165, 1.54) is 30.3 Å². The fraction of sp³-hybridized carbons (Fsp3) is 0.444. The number of fused-ring (bicyclic) bond motifs is 4. The Hall–Kier alpha value is -4.21. The van der Waals surface area contributed by atoms with Crippen LogP contribution in [0.3, 0.4) is 0 Å². The molecule has 4 unspecified atom stereocenters. The molecule has 3 aromatic carbocycles. The average Bonchev–Trinajstić information content (AvgIpc) is 3.78. The highest BCUT2D eigenvalue weighted by atomic mass is 19.3. The van der Waals surface area contributed by atoms with Gasteiger partial charge in [0.2, 0.25) is 0 Å².